The Bertz CT molecular complexity index is 546. The first kappa shape index (κ1) is 18.4. The van der Waals surface area contributed by atoms with Crippen molar-refractivity contribution in [3.8, 4) is 5.75 Å². The fourth-order valence-corrected chi connectivity index (χ4v) is 2.53. The number of nitrogens with one attached hydrogen (secondary N) is 2. The van der Waals surface area contributed by atoms with E-state index < -0.39 is 17.8 Å². The van der Waals surface area contributed by atoms with E-state index in [4.69, 9.17) is 4.74 Å². The minimum atomic E-state index is -4.45. The predicted molar refractivity (Wildman–Crippen MR) is 81.7 cm³/mol. The summed E-state index contributed by atoms with van der Waals surface area (Å²) in [5, 5.41) is 15.1. The molecule has 1 atom stereocenters. The Morgan fingerprint density at radius 3 is 2.71 bits per heavy atom. The number of rotatable bonds is 6. The van der Waals surface area contributed by atoms with E-state index in [1.165, 1.54) is 12.1 Å². The summed E-state index contributed by atoms with van der Waals surface area (Å²) in [6.45, 7) is -0.261. The predicted octanol–water partition coefficient (Wildman–Crippen LogP) is 2.69. The van der Waals surface area contributed by atoms with Crippen LogP contribution in [0.4, 0.5) is 18.0 Å². The van der Waals surface area contributed by atoms with Gasteiger partial charge in [0.1, 0.15) is 18.5 Å². The molecule has 1 unspecified atom stereocenters. The van der Waals surface area contributed by atoms with Crippen molar-refractivity contribution in [3.63, 3.8) is 0 Å². The van der Waals surface area contributed by atoms with E-state index in [2.05, 4.69) is 10.6 Å². The van der Waals surface area contributed by atoms with E-state index in [9.17, 15) is 23.1 Å². The third-order valence-corrected chi connectivity index (χ3v) is 3.79. The monoisotopic (exact) mass is 346 g/mol. The van der Waals surface area contributed by atoms with Crippen LogP contribution >= 0.6 is 0 Å². The summed E-state index contributed by atoms with van der Waals surface area (Å²) in [7, 11) is 0. The maximum Gasteiger partial charge on any atom is 0.416 e. The molecular weight excluding hydrogens is 325 g/mol. The lowest BCUT2D eigenvalue weighted by atomic mass is 10.2. The van der Waals surface area contributed by atoms with Crippen molar-refractivity contribution in [2.24, 2.45) is 0 Å². The van der Waals surface area contributed by atoms with E-state index in [0.29, 0.717) is 0 Å². The Morgan fingerprint density at radius 1 is 1.33 bits per heavy atom. The summed E-state index contributed by atoms with van der Waals surface area (Å²) in [5.74, 6) is 0.0132. The van der Waals surface area contributed by atoms with Gasteiger partial charge >= 0.3 is 12.2 Å². The number of ether oxygens (including phenoxy) is 1. The molecule has 24 heavy (non-hydrogen) atoms. The molecule has 134 valence electrons. The summed E-state index contributed by atoms with van der Waals surface area (Å²) >= 11 is 0. The second-order valence-corrected chi connectivity index (χ2v) is 5.83. The van der Waals surface area contributed by atoms with Crippen molar-refractivity contribution in [1.82, 2.24) is 10.6 Å². The number of urea groups is 1. The van der Waals surface area contributed by atoms with Gasteiger partial charge in [-0.15, -0.1) is 0 Å². The van der Waals surface area contributed by atoms with Crippen LogP contribution in [0.5, 0.6) is 5.75 Å². The summed E-state index contributed by atoms with van der Waals surface area (Å²) in [5.41, 5.74) is -0.816. The molecule has 3 N–H and O–H groups in total. The van der Waals surface area contributed by atoms with Crippen LogP contribution < -0.4 is 15.4 Å². The Hall–Kier alpha value is -1.96. The van der Waals surface area contributed by atoms with Gasteiger partial charge in [0.15, 0.2) is 0 Å². The maximum absolute atomic E-state index is 12.6. The molecule has 1 fully saturated rings. The molecule has 0 aliphatic heterocycles. The number of halogens is 3. The highest BCUT2D eigenvalue weighted by Gasteiger charge is 2.30. The zero-order chi connectivity index (χ0) is 17.6. The first-order valence-electron chi connectivity index (χ1n) is 7.87. The van der Waals surface area contributed by atoms with Gasteiger partial charge in [0, 0.05) is 12.6 Å². The lowest BCUT2D eigenvalue weighted by molar-refractivity contribution is -0.137. The van der Waals surface area contributed by atoms with Gasteiger partial charge in [-0.2, -0.15) is 13.2 Å². The Kier molecular flexibility index (Phi) is 6.30. The van der Waals surface area contributed by atoms with E-state index in [0.717, 1.165) is 37.8 Å². The number of hydrogen-bond acceptors (Lipinski definition) is 3. The molecule has 1 aromatic carbocycles. The van der Waals surface area contributed by atoms with Crippen molar-refractivity contribution in [2.75, 3.05) is 13.2 Å². The van der Waals surface area contributed by atoms with Crippen molar-refractivity contribution in [1.29, 1.82) is 0 Å². The first-order chi connectivity index (χ1) is 11.3. The second-order valence-electron chi connectivity index (χ2n) is 5.83. The molecular formula is C16H21F3N2O3. The van der Waals surface area contributed by atoms with Gasteiger partial charge in [0.25, 0.3) is 0 Å². The summed E-state index contributed by atoms with van der Waals surface area (Å²) in [4.78, 5) is 11.6. The molecule has 0 bridgehead atoms. The zero-order valence-electron chi connectivity index (χ0n) is 13.1. The minimum Gasteiger partial charge on any atom is -0.491 e. The van der Waals surface area contributed by atoms with Crippen LogP contribution in [0.25, 0.3) is 0 Å². The van der Waals surface area contributed by atoms with Gasteiger partial charge in [-0.25, -0.2) is 4.79 Å². The maximum atomic E-state index is 12.6. The third-order valence-electron chi connectivity index (χ3n) is 3.79. The fraction of sp³-hybridized carbons (Fsp3) is 0.562. The largest absolute Gasteiger partial charge is 0.491 e. The molecule has 1 aromatic rings. The fourth-order valence-electron chi connectivity index (χ4n) is 2.53. The summed E-state index contributed by atoms with van der Waals surface area (Å²) < 4.78 is 42.9. The highest BCUT2D eigenvalue weighted by atomic mass is 19.4. The molecule has 0 spiro atoms. The number of alkyl halides is 3. The number of hydrogen-bond donors (Lipinski definition) is 3. The molecule has 0 radical (unpaired) electrons. The Balaban J connectivity index is 1.71. The number of carbonyl (C=O) groups excluding carboxylic acids is 1. The van der Waals surface area contributed by atoms with Crippen LogP contribution in [-0.4, -0.2) is 36.4 Å². The first-order valence-corrected chi connectivity index (χ1v) is 7.87. The molecule has 2 amide bonds. The van der Waals surface area contributed by atoms with E-state index in [-0.39, 0.29) is 31.0 Å². The quantitative estimate of drug-likeness (QED) is 0.742. The van der Waals surface area contributed by atoms with Crippen LogP contribution in [0.1, 0.15) is 31.2 Å². The smallest absolute Gasteiger partial charge is 0.416 e. The normalized spacial score (nSPS) is 16.7. The number of benzene rings is 1. The van der Waals surface area contributed by atoms with E-state index in [1.807, 2.05) is 0 Å². The molecule has 0 aromatic heterocycles. The van der Waals surface area contributed by atoms with Gasteiger partial charge in [-0.05, 0) is 31.0 Å². The summed E-state index contributed by atoms with van der Waals surface area (Å²) in [6.07, 6.45) is -1.37. The van der Waals surface area contributed by atoms with Crippen molar-refractivity contribution in [3.05, 3.63) is 29.8 Å². The second kappa shape index (κ2) is 8.23. The molecule has 0 saturated heterocycles. The Labute approximate surface area is 138 Å². The number of aliphatic hydroxyl groups is 1. The zero-order valence-corrected chi connectivity index (χ0v) is 13.1. The van der Waals surface area contributed by atoms with Gasteiger partial charge in [0.2, 0.25) is 0 Å². The Morgan fingerprint density at radius 2 is 2.04 bits per heavy atom. The van der Waals surface area contributed by atoms with Crippen molar-refractivity contribution < 1.29 is 27.8 Å². The van der Waals surface area contributed by atoms with Crippen LogP contribution in [-0.2, 0) is 6.18 Å². The molecule has 0 heterocycles. The summed E-state index contributed by atoms with van der Waals surface area (Å²) in [6, 6.07) is 4.23. The molecule has 5 nitrogen and oxygen atoms in total. The van der Waals surface area contributed by atoms with Gasteiger partial charge in [0.05, 0.1) is 5.56 Å². The van der Waals surface area contributed by atoms with Crippen molar-refractivity contribution in [2.45, 2.75) is 44.0 Å². The number of amides is 2. The van der Waals surface area contributed by atoms with Gasteiger partial charge in [-0.3, -0.25) is 0 Å². The molecule has 8 heteroatoms. The molecule has 1 aliphatic carbocycles. The lowest BCUT2D eigenvalue weighted by Gasteiger charge is -2.16. The van der Waals surface area contributed by atoms with Crippen LogP contribution in [0.2, 0.25) is 0 Å². The molecule has 1 aliphatic rings. The van der Waals surface area contributed by atoms with Crippen LogP contribution in [0.3, 0.4) is 0 Å². The number of carbonyl (C=O) groups is 1. The highest BCUT2D eigenvalue weighted by Crippen LogP contribution is 2.31. The van der Waals surface area contributed by atoms with Crippen LogP contribution in [0, 0.1) is 0 Å². The van der Waals surface area contributed by atoms with Gasteiger partial charge in [-0.1, -0.05) is 18.9 Å². The minimum absolute atomic E-state index is 0.0132. The SMILES string of the molecule is O=C(NCC(O)COc1cccc(C(F)(F)F)c1)NC1CCCC1. The van der Waals surface area contributed by atoms with Crippen molar-refractivity contribution >= 4 is 6.03 Å². The number of aliphatic hydroxyl groups excluding tert-OH is 1. The van der Waals surface area contributed by atoms with Crippen LogP contribution in [0.15, 0.2) is 24.3 Å². The van der Waals surface area contributed by atoms with E-state index in [1.54, 1.807) is 0 Å². The molecule has 2 rings (SSSR count). The molecule has 1 saturated carbocycles. The lowest BCUT2D eigenvalue weighted by Crippen LogP contribution is -2.44. The average Bonchev–Trinajstić information content (AvgIpc) is 3.03. The third kappa shape index (κ3) is 5.92. The standard InChI is InChI=1S/C16H21F3N2O3/c17-16(18,19)11-4-3-7-14(8-11)24-10-13(22)9-20-15(23)21-12-5-1-2-6-12/h3-4,7-8,12-13,22H,1-2,5-6,9-10H2,(H2,20,21,23). The van der Waals surface area contributed by atoms with E-state index >= 15 is 0 Å². The highest BCUT2D eigenvalue weighted by molar-refractivity contribution is 5.74. The topological polar surface area (TPSA) is 70.6 Å². The van der Waals surface area contributed by atoms with Gasteiger partial charge < -0.3 is 20.5 Å². The average molecular weight is 346 g/mol.